The number of nitrogens with zero attached hydrogens (tertiary/aromatic N) is 3. The monoisotopic (exact) mass is 177 g/mol. The average Bonchev–Trinajstić information content (AvgIpc) is 2.68. The molecule has 0 aromatic carbocycles. The molecule has 0 fully saturated rings. The first kappa shape index (κ1) is 9.71. The summed E-state index contributed by atoms with van der Waals surface area (Å²) in [5.41, 5.74) is 2.21. The van der Waals surface area contributed by atoms with Crippen molar-refractivity contribution in [1.29, 1.82) is 0 Å². The number of hydrogen-bond acceptors (Lipinski definition) is 2. The van der Waals surface area contributed by atoms with E-state index in [-0.39, 0.29) is 0 Å². The van der Waals surface area contributed by atoms with Gasteiger partial charge in [0.25, 0.3) is 0 Å². The highest BCUT2D eigenvalue weighted by Crippen LogP contribution is 2.06. The van der Waals surface area contributed by atoms with Crippen LogP contribution in [0, 0.1) is 0 Å². The fourth-order valence-electron chi connectivity index (χ4n) is 1.17. The molecule has 2 rings (SSSR count). The van der Waals surface area contributed by atoms with Crippen LogP contribution in [-0.2, 0) is 6.42 Å². The lowest BCUT2D eigenvalue weighted by molar-refractivity contribution is 0.915. The molecular weight excluding hydrogens is 162 g/mol. The molecule has 0 aliphatic carbocycles. The summed E-state index contributed by atoms with van der Waals surface area (Å²) >= 11 is 0. The van der Waals surface area contributed by atoms with Gasteiger partial charge in [-0.2, -0.15) is 5.10 Å². The van der Waals surface area contributed by atoms with E-state index in [0.29, 0.717) is 0 Å². The molecule has 0 bridgehead atoms. The van der Waals surface area contributed by atoms with Gasteiger partial charge in [0.1, 0.15) is 0 Å². The largest absolute Gasteiger partial charge is 0.235 e. The first-order valence-electron chi connectivity index (χ1n) is 4.69. The fraction of sp³-hybridized carbons (Fsp3) is 0.400. The van der Waals surface area contributed by atoms with Crippen LogP contribution in [0.1, 0.15) is 26.3 Å². The predicted octanol–water partition coefficient (Wildman–Crippen LogP) is 2.32. The van der Waals surface area contributed by atoms with E-state index in [4.69, 9.17) is 0 Å². The molecule has 2 heterocycles. The Morgan fingerprint density at radius 3 is 2.77 bits per heavy atom. The molecule has 70 valence electrons. The first-order valence-corrected chi connectivity index (χ1v) is 4.69. The normalized spacial score (nSPS) is 9.46. The standard InChI is InChI=1S/C8H9N3.C2H6/c1-2-7-3-4-10-11-6-5-9-8(7)11;1-2/h3-6H,2H2,1H3;1-2H3. The highest BCUT2D eigenvalue weighted by atomic mass is 15.2. The molecule has 0 amide bonds. The van der Waals surface area contributed by atoms with Crippen molar-refractivity contribution in [2.24, 2.45) is 0 Å². The third-order valence-corrected chi connectivity index (χ3v) is 1.76. The Morgan fingerprint density at radius 1 is 1.31 bits per heavy atom. The maximum absolute atomic E-state index is 4.19. The summed E-state index contributed by atoms with van der Waals surface area (Å²) in [7, 11) is 0. The lowest BCUT2D eigenvalue weighted by atomic mass is 10.2. The summed E-state index contributed by atoms with van der Waals surface area (Å²) < 4.78 is 1.79. The molecule has 2 aromatic rings. The van der Waals surface area contributed by atoms with Gasteiger partial charge in [0.2, 0.25) is 0 Å². The van der Waals surface area contributed by atoms with Crippen molar-refractivity contribution in [1.82, 2.24) is 14.6 Å². The number of aromatic nitrogens is 3. The molecule has 0 saturated carbocycles. The van der Waals surface area contributed by atoms with Gasteiger partial charge >= 0.3 is 0 Å². The van der Waals surface area contributed by atoms with E-state index in [1.165, 1.54) is 5.56 Å². The Bertz CT molecular complexity index is 365. The van der Waals surface area contributed by atoms with E-state index in [1.54, 1.807) is 16.9 Å². The van der Waals surface area contributed by atoms with E-state index < -0.39 is 0 Å². The maximum atomic E-state index is 4.19. The lowest BCUT2D eigenvalue weighted by Crippen LogP contribution is -1.93. The molecule has 0 saturated heterocycles. The number of rotatable bonds is 1. The van der Waals surface area contributed by atoms with Crippen LogP contribution in [0.15, 0.2) is 24.7 Å². The summed E-state index contributed by atoms with van der Waals surface area (Å²) in [5, 5.41) is 4.10. The van der Waals surface area contributed by atoms with E-state index in [9.17, 15) is 0 Å². The molecular formula is C10H15N3. The minimum atomic E-state index is 0.968. The van der Waals surface area contributed by atoms with Crippen molar-refractivity contribution in [3.05, 3.63) is 30.2 Å². The van der Waals surface area contributed by atoms with Crippen molar-refractivity contribution in [3.8, 4) is 0 Å². The third kappa shape index (κ3) is 1.86. The zero-order valence-electron chi connectivity index (χ0n) is 8.36. The third-order valence-electron chi connectivity index (χ3n) is 1.76. The molecule has 3 nitrogen and oxygen atoms in total. The number of hydrogen-bond donors (Lipinski definition) is 0. The molecule has 0 radical (unpaired) electrons. The van der Waals surface area contributed by atoms with Gasteiger partial charge in [-0.1, -0.05) is 20.8 Å². The Kier molecular flexibility index (Phi) is 3.43. The van der Waals surface area contributed by atoms with Gasteiger partial charge in [0.05, 0.1) is 0 Å². The van der Waals surface area contributed by atoms with Crippen LogP contribution in [0.5, 0.6) is 0 Å². The second-order valence-corrected chi connectivity index (χ2v) is 2.41. The average molecular weight is 177 g/mol. The van der Waals surface area contributed by atoms with Crippen molar-refractivity contribution in [2.45, 2.75) is 27.2 Å². The Morgan fingerprint density at radius 2 is 2.08 bits per heavy atom. The van der Waals surface area contributed by atoms with Gasteiger partial charge in [0, 0.05) is 18.6 Å². The lowest BCUT2D eigenvalue weighted by Gasteiger charge is -1.96. The Labute approximate surface area is 78.4 Å². The summed E-state index contributed by atoms with van der Waals surface area (Å²) in [6, 6.07) is 2.00. The zero-order chi connectivity index (χ0) is 9.68. The Balaban J connectivity index is 0.000000396. The van der Waals surface area contributed by atoms with Crippen molar-refractivity contribution >= 4 is 5.65 Å². The molecule has 0 aliphatic rings. The van der Waals surface area contributed by atoms with Crippen LogP contribution in [0.3, 0.4) is 0 Å². The van der Waals surface area contributed by atoms with E-state index in [2.05, 4.69) is 17.0 Å². The van der Waals surface area contributed by atoms with Crippen LogP contribution >= 0.6 is 0 Å². The number of fused-ring (bicyclic) bond motifs is 1. The molecule has 0 N–H and O–H groups in total. The van der Waals surface area contributed by atoms with Gasteiger partial charge in [-0.05, 0) is 18.1 Å². The van der Waals surface area contributed by atoms with Gasteiger partial charge in [-0.3, -0.25) is 0 Å². The second-order valence-electron chi connectivity index (χ2n) is 2.41. The highest BCUT2D eigenvalue weighted by molar-refractivity contribution is 5.45. The molecule has 13 heavy (non-hydrogen) atoms. The highest BCUT2D eigenvalue weighted by Gasteiger charge is 1.98. The van der Waals surface area contributed by atoms with Crippen LogP contribution in [0.2, 0.25) is 0 Å². The van der Waals surface area contributed by atoms with E-state index >= 15 is 0 Å². The van der Waals surface area contributed by atoms with Crippen molar-refractivity contribution < 1.29 is 0 Å². The quantitative estimate of drug-likeness (QED) is 0.669. The molecule has 3 heteroatoms. The predicted molar refractivity (Wildman–Crippen MR) is 53.7 cm³/mol. The first-order chi connectivity index (χ1) is 6.42. The van der Waals surface area contributed by atoms with Crippen molar-refractivity contribution in [3.63, 3.8) is 0 Å². The molecule has 2 aromatic heterocycles. The topological polar surface area (TPSA) is 30.2 Å². The molecule has 0 spiro atoms. The van der Waals surface area contributed by atoms with Crippen LogP contribution in [-0.4, -0.2) is 14.6 Å². The SMILES string of the molecule is CC.CCc1ccnn2ccnc12. The van der Waals surface area contributed by atoms with Crippen LogP contribution in [0.4, 0.5) is 0 Å². The van der Waals surface area contributed by atoms with Gasteiger partial charge in [-0.15, -0.1) is 0 Å². The smallest absolute Gasteiger partial charge is 0.156 e. The summed E-state index contributed by atoms with van der Waals surface area (Å²) in [5.74, 6) is 0. The van der Waals surface area contributed by atoms with Gasteiger partial charge < -0.3 is 0 Å². The minimum Gasteiger partial charge on any atom is -0.235 e. The fourth-order valence-corrected chi connectivity index (χ4v) is 1.17. The number of aryl methyl sites for hydroxylation is 1. The molecule has 0 unspecified atom stereocenters. The maximum Gasteiger partial charge on any atom is 0.156 e. The van der Waals surface area contributed by atoms with Crippen molar-refractivity contribution in [2.75, 3.05) is 0 Å². The molecule has 0 atom stereocenters. The Hall–Kier alpha value is -1.38. The van der Waals surface area contributed by atoms with Crippen LogP contribution in [0.25, 0.3) is 5.65 Å². The molecule has 0 aliphatic heterocycles. The van der Waals surface area contributed by atoms with Gasteiger partial charge in [-0.25, -0.2) is 9.50 Å². The summed E-state index contributed by atoms with van der Waals surface area (Å²) in [4.78, 5) is 4.19. The minimum absolute atomic E-state index is 0.968. The zero-order valence-corrected chi connectivity index (χ0v) is 8.36. The summed E-state index contributed by atoms with van der Waals surface area (Å²) in [6.45, 7) is 6.12. The second kappa shape index (κ2) is 4.60. The van der Waals surface area contributed by atoms with E-state index in [0.717, 1.165) is 12.1 Å². The van der Waals surface area contributed by atoms with E-state index in [1.807, 2.05) is 26.1 Å². The van der Waals surface area contributed by atoms with Gasteiger partial charge in [0.15, 0.2) is 5.65 Å². The summed E-state index contributed by atoms with van der Waals surface area (Å²) in [6.07, 6.45) is 6.42. The van der Waals surface area contributed by atoms with Crippen LogP contribution < -0.4 is 0 Å². The number of imidazole rings is 1.